The van der Waals surface area contributed by atoms with Crippen molar-refractivity contribution in [2.75, 3.05) is 33.0 Å². The number of likely N-dealkylation sites (N-methyl/N-ethyl adjacent to an activating group) is 2. The number of fused-ring (bicyclic) bond motifs is 4. The van der Waals surface area contributed by atoms with Crippen LogP contribution in [-0.4, -0.2) is 107 Å². The summed E-state index contributed by atoms with van der Waals surface area (Å²) < 4.78 is 11.8. The van der Waals surface area contributed by atoms with Crippen molar-refractivity contribution in [1.82, 2.24) is 15.1 Å². The monoisotopic (exact) mass is 624 g/mol. The fourth-order valence-electron chi connectivity index (χ4n) is 9.91. The normalized spacial score (nSPS) is 38.5. The first-order valence-corrected chi connectivity index (χ1v) is 16.6. The molecule has 5 aliphatic rings. The van der Waals surface area contributed by atoms with Crippen LogP contribution < -0.4 is 10.6 Å². The molecule has 0 aromatic heterocycles. The van der Waals surface area contributed by atoms with Crippen molar-refractivity contribution in [2.45, 2.75) is 127 Å². The molecule has 10 heteroatoms. The third-order valence-corrected chi connectivity index (χ3v) is 12.5. The highest BCUT2D eigenvalue weighted by molar-refractivity contribution is 6.15. The van der Waals surface area contributed by atoms with Gasteiger partial charge in [-0.3, -0.25) is 24.2 Å². The minimum Gasteiger partial charge on any atom is -0.461 e. The summed E-state index contributed by atoms with van der Waals surface area (Å²) in [4.78, 5) is 45.5. The average molecular weight is 625 g/mol. The van der Waals surface area contributed by atoms with Gasteiger partial charge in [-0.2, -0.15) is 0 Å². The van der Waals surface area contributed by atoms with Crippen LogP contribution in [0.3, 0.4) is 0 Å². The molecule has 1 saturated carbocycles. The molecule has 248 valence electrons. The van der Waals surface area contributed by atoms with E-state index in [1.54, 1.807) is 6.07 Å². The molecule has 0 unspecified atom stereocenters. The molecule has 4 fully saturated rings. The Morgan fingerprint density at radius 3 is 2.42 bits per heavy atom. The van der Waals surface area contributed by atoms with Gasteiger partial charge in [-0.05, 0) is 78.7 Å². The van der Waals surface area contributed by atoms with E-state index >= 15 is 0 Å². The van der Waals surface area contributed by atoms with Gasteiger partial charge < -0.3 is 25.2 Å². The van der Waals surface area contributed by atoms with E-state index in [-0.39, 0.29) is 47.8 Å². The number of hydrogen-bond acceptors (Lipinski definition) is 9. The summed E-state index contributed by atoms with van der Waals surface area (Å²) in [6.45, 7) is 14.6. The number of benzene rings is 1. The Bertz CT molecular complexity index is 1420. The highest BCUT2D eigenvalue weighted by Crippen LogP contribution is 2.69. The smallest absolute Gasteiger partial charge is 0.323 e. The summed E-state index contributed by atoms with van der Waals surface area (Å²) in [7, 11) is 5.69. The maximum absolute atomic E-state index is 14.4. The molecule has 1 amide bonds. The van der Waals surface area contributed by atoms with E-state index in [1.165, 1.54) is 0 Å². The lowest BCUT2D eigenvalue weighted by Gasteiger charge is -2.60. The minimum absolute atomic E-state index is 0.0320. The Kier molecular flexibility index (Phi) is 7.46. The summed E-state index contributed by atoms with van der Waals surface area (Å²) in [6, 6.07) is 5.31. The molecular weight excluding hydrogens is 572 g/mol. The second kappa shape index (κ2) is 10.3. The number of amides is 1. The van der Waals surface area contributed by atoms with Crippen molar-refractivity contribution in [2.24, 2.45) is 11.3 Å². The van der Waals surface area contributed by atoms with E-state index in [9.17, 15) is 19.5 Å². The Balaban J connectivity index is 1.35. The maximum atomic E-state index is 14.4. The van der Waals surface area contributed by atoms with Crippen molar-refractivity contribution < 1.29 is 29.0 Å². The van der Waals surface area contributed by atoms with E-state index in [4.69, 9.17) is 9.47 Å². The molecule has 4 aliphatic heterocycles. The number of hydrogen-bond donors (Lipinski definition) is 3. The molecule has 4 heterocycles. The second-order valence-corrected chi connectivity index (χ2v) is 16.1. The van der Waals surface area contributed by atoms with Crippen LogP contribution >= 0.6 is 0 Å². The van der Waals surface area contributed by atoms with Crippen molar-refractivity contribution >= 4 is 23.3 Å². The molecule has 1 aromatic carbocycles. The molecule has 6 rings (SSSR count). The number of nitrogens with zero attached hydrogens (tertiary/aromatic N) is 2. The van der Waals surface area contributed by atoms with Gasteiger partial charge in [0.1, 0.15) is 18.2 Å². The van der Waals surface area contributed by atoms with Crippen LogP contribution in [0.4, 0.5) is 5.69 Å². The minimum atomic E-state index is -1.29. The number of carbonyl (C=O) groups excluding carboxylic acids is 3. The van der Waals surface area contributed by atoms with Gasteiger partial charge in [0, 0.05) is 36.0 Å². The van der Waals surface area contributed by atoms with Gasteiger partial charge in [0.25, 0.3) is 0 Å². The van der Waals surface area contributed by atoms with Crippen molar-refractivity contribution in [1.29, 1.82) is 0 Å². The summed E-state index contributed by atoms with van der Waals surface area (Å²) in [6.07, 6.45) is 1.34. The van der Waals surface area contributed by atoms with Crippen LogP contribution in [0.2, 0.25) is 0 Å². The number of para-hydroxylation sites is 1. The van der Waals surface area contributed by atoms with Crippen LogP contribution in [-0.2, 0) is 24.5 Å². The summed E-state index contributed by atoms with van der Waals surface area (Å²) in [5.41, 5.74) is -2.83. The molecule has 3 saturated heterocycles. The number of piperidine rings is 2. The number of Topliss-reactive ketones (excluding diaryl/α,β-unsaturated/α-hetero) is 1. The van der Waals surface area contributed by atoms with Gasteiger partial charge in [-0.25, -0.2) is 0 Å². The summed E-state index contributed by atoms with van der Waals surface area (Å²) in [5.74, 6) is -0.404. The largest absolute Gasteiger partial charge is 0.461 e. The average Bonchev–Trinajstić information content (AvgIpc) is 3.42. The molecule has 10 nitrogen and oxygen atoms in total. The topological polar surface area (TPSA) is 124 Å². The Morgan fingerprint density at radius 2 is 1.84 bits per heavy atom. The number of ether oxygens (including phenoxy) is 2. The molecule has 1 spiro atoms. The molecule has 45 heavy (non-hydrogen) atoms. The van der Waals surface area contributed by atoms with Crippen molar-refractivity contribution in [3.63, 3.8) is 0 Å². The molecule has 0 radical (unpaired) electrons. The zero-order chi connectivity index (χ0) is 33.1. The number of ketones is 1. The van der Waals surface area contributed by atoms with Gasteiger partial charge in [-0.1, -0.05) is 39.8 Å². The summed E-state index contributed by atoms with van der Waals surface area (Å²) >= 11 is 0. The van der Waals surface area contributed by atoms with Crippen molar-refractivity contribution in [3.8, 4) is 0 Å². The lowest BCUT2D eigenvalue weighted by Crippen LogP contribution is -2.75. The van der Waals surface area contributed by atoms with Gasteiger partial charge in [0.05, 0.1) is 27.8 Å². The number of carbonyl (C=O) groups is 3. The highest BCUT2D eigenvalue weighted by Gasteiger charge is 2.79. The first-order valence-electron chi connectivity index (χ1n) is 16.6. The molecule has 8 atom stereocenters. The maximum Gasteiger partial charge on any atom is 0.323 e. The quantitative estimate of drug-likeness (QED) is 0.239. The first kappa shape index (κ1) is 32.6. The zero-order valence-corrected chi connectivity index (χ0v) is 28.6. The van der Waals surface area contributed by atoms with E-state index < -0.39 is 33.7 Å². The molecule has 0 bridgehead atoms. The standard InChI is InChI=1S/C35H52N4O6/c1-19(2)26(38(9)10)29(41)44-22-14-20(3)39-18-33(36-8)17-34(32(6,7)35(33,43)16-21(39)15-22)24-13-11-12-23(25(24)37-30(34)42)27(40)28-31(4,5)45-28/h11-13,19-22,26,28,36,43H,14-18H2,1-10H3,(H,37,42)/t20-,21+,22+,26-,28+,33+,34+,35-/m0/s1. The van der Waals surface area contributed by atoms with Crippen LogP contribution in [0.15, 0.2) is 18.2 Å². The summed E-state index contributed by atoms with van der Waals surface area (Å²) in [5, 5.41) is 19.7. The van der Waals surface area contributed by atoms with E-state index in [0.29, 0.717) is 43.5 Å². The molecule has 1 aliphatic carbocycles. The van der Waals surface area contributed by atoms with Crippen LogP contribution in [0, 0.1) is 11.3 Å². The van der Waals surface area contributed by atoms with Crippen LogP contribution in [0.1, 0.15) is 90.1 Å². The first-order chi connectivity index (χ1) is 20.9. The van der Waals surface area contributed by atoms with Gasteiger partial charge >= 0.3 is 5.97 Å². The fraction of sp³-hybridized carbons (Fsp3) is 0.743. The highest BCUT2D eigenvalue weighted by atomic mass is 16.6. The number of aliphatic hydroxyl groups is 1. The number of rotatable bonds is 7. The number of anilines is 1. The van der Waals surface area contributed by atoms with E-state index in [1.807, 2.05) is 79.7 Å². The number of esters is 1. The molecule has 3 N–H and O–H groups in total. The third kappa shape index (κ3) is 4.35. The molecular formula is C35H52N4O6. The Morgan fingerprint density at radius 1 is 1.18 bits per heavy atom. The van der Waals surface area contributed by atoms with Gasteiger partial charge in [0.2, 0.25) is 5.91 Å². The van der Waals surface area contributed by atoms with Crippen LogP contribution in [0.25, 0.3) is 0 Å². The Hall–Kier alpha value is -2.37. The number of epoxide rings is 1. The zero-order valence-electron chi connectivity index (χ0n) is 28.6. The van der Waals surface area contributed by atoms with Crippen molar-refractivity contribution in [3.05, 3.63) is 29.3 Å². The lowest BCUT2D eigenvalue weighted by atomic mass is 9.57. The van der Waals surface area contributed by atoms with Gasteiger partial charge in [-0.15, -0.1) is 0 Å². The fourth-order valence-corrected chi connectivity index (χ4v) is 9.91. The van der Waals surface area contributed by atoms with E-state index in [2.05, 4.69) is 22.5 Å². The third-order valence-electron chi connectivity index (χ3n) is 12.5. The lowest BCUT2D eigenvalue weighted by molar-refractivity contribution is -0.185. The van der Waals surface area contributed by atoms with Crippen LogP contribution in [0.5, 0.6) is 0 Å². The number of nitrogens with one attached hydrogen (secondary N) is 2. The van der Waals surface area contributed by atoms with Gasteiger partial charge in [0.15, 0.2) is 5.78 Å². The molecule has 1 aromatic rings. The SMILES string of the molecule is CN[C@]12CN3[C@H](C[C@H](OC(=O)[C@H](C(C)C)N(C)C)C[C@@H]3C)C[C@]1(O)C(C)(C)[C@@]1(C2)C(=O)Nc2c(C(=O)[C@H]3OC3(C)C)cccc21. The predicted molar refractivity (Wildman–Crippen MR) is 171 cm³/mol. The second-order valence-electron chi connectivity index (χ2n) is 16.1. The predicted octanol–water partition coefficient (Wildman–Crippen LogP) is 3.11. The van der Waals surface area contributed by atoms with E-state index in [0.717, 1.165) is 5.56 Å². The Labute approximate surface area is 267 Å².